The molecule has 0 aliphatic heterocycles. The Morgan fingerprint density at radius 1 is 1.08 bits per heavy atom. The van der Waals surface area contributed by atoms with Gasteiger partial charge in [-0.25, -0.2) is 0 Å². The molecule has 5 heteroatoms. The van der Waals surface area contributed by atoms with E-state index in [9.17, 15) is 0 Å². The van der Waals surface area contributed by atoms with E-state index in [1.54, 1.807) is 14.2 Å². The van der Waals surface area contributed by atoms with Gasteiger partial charge in [-0.2, -0.15) is 0 Å². The molecule has 2 N–H and O–H groups in total. The second-order valence-corrected chi connectivity index (χ2v) is 5.89. The summed E-state index contributed by atoms with van der Waals surface area (Å²) in [5.74, 6) is 1.35. The highest BCUT2D eigenvalue weighted by atomic mass is 32.1. The lowest BCUT2D eigenvalue weighted by Gasteiger charge is -2.22. The molecule has 0 unspecified atom stereocenters. The van der Waals surface area contributed by atoms with Gasteiger partial charge in [-0.3, -0.25) is 0 Å². The van der Waals surface area contributed by atoms with E-state index in [1.165, 1.54) is 11.1 Å². The Hall–Kier alpha value is -2.27. The van der Waals surface area contributed by atoms with Gasteiger partial charge in [0.25, 0.3) is 0 Å². The minimum atomic E-state index is 0.173. The molecule has 2 aromatic carbocycles. The van der Waals surface area contributed by atoms with E-state index < -0.39 is 0 Å². The standard InChI is InChI=1S/C19H24N2O2S/c1-5-16(15-9-7-6-8-13(15)2)21-19(24)20-14-10-11-17(22-3)18(12-14)23-4/h6-12,16H,5H2,1-4H3,(H2,20,21,24)/t16-/m0/s1. The van der Waals surface area contributed by atoms with Crippen LogP contribution >= 0.6 is 12.2 Å². The van der Waals surface area contributed by atoms with Gasteiger partial charge >= 0.3 is 0 Å². The van der Waals surface area contributed by atoms with Crippen LogP contribution in [0, 0.1) is 6.92 Å². The van der Waals surface area contributed by atoms with Crippen molar-refractivity contribution in [2.75, 3.05) is 19.5 Å². The monoisotopic (exact) mass is 344 g/mol. The van der Waals surface area contributed by atoms with Crippen LogP contribution in [0.4, 0.5) is 5.69 Å². The van der Waals surface area contributed by atoms with E-state index in [4.69, 9.17) is 21.7 Å². The Balaban J connectivity index is 2.08. The first kappa shape index (κ1) is 18.1. The van der Waals surface area contributed by atoms with Gasteiger partial charge in [0.15, 0.2) is 16.6 Å². The molecule has 0 aliphatic rings. The van der Waals surface area contributed by atoms with Crippen molar-refractivity contribution >= 4 is 23.0 Å². The smallest absolute Gasteiger partial charge is 0.171 e. The number of hydrogen-bond donors (Lipinski definition) is 2. The van der Waals surface area contributed by atoms with E-state index in [0.29, 0.717) is 16.6 Å². The van der Waals surface area contributed by atoms with Crippen LogP contribution in [0.15, 0.2) is 42.5 Å². The summed E-state index contributed by atoms with van der Waals surface area (Å²) in [6.45, 7) is 4.26. The maximum absolute atomic E-state index is 5.47. The van der Waals surface area contributed by atoms with Crippen LogP contribution in [0.2, 0.25) is 0 Å². The third-order valence-electron chi connectivity index (χ3n) is 3.92. The van der Waals surface area contributed by atoms with Gasteiger partial charge in [0.2, 0.25) is 0 Å². The molecule has 24 heavy (non-hydrogen) atoms. The van der Waals surface area contributed by atoms with Gasteiger partial charge in [-0.1, -0.05) is 31.2 Å². The van der Waals surface area contributed by atoms with Gasteiger partial charge in [0, 0.05) is 11.8 Å². The molecule has 0 spiro atoms. The maximum atomic E-state index is 5.47. The molecule has 0 fully saturated rings. The van der Waals surface area contributed by atoms with Crippen LogP contribution in [0.25, 0.3) is 0 Å². The van der Waals surface area contributed by atoms with Gasteiger partial charge in [0.1, 0.15) is 0 Å². The summed E-state index contributed by atoms with van der Waals surface area (Å²) in [4.78, 5) is 0. The summed E-state index contributed by atoms with van der Waals surface area (Å²) in [5, 5.41) is 7.17. The van der Waals surface area contributed by atoms with Gasteiger partial charge in [-0.15, -0.1) is 0 Å². The molecule has 2 aromatic rings. The number of rotatable bonds is 6. The summed E-state index contributed by atoms with van der Waals surface area (Å²) in [7, 11) is 3.23. The first-order valence-electron chi connectivity index (χ1n) is 7.94. The van der Waals surface area contributed by atoms with Crippen LogP contribution in [-0.4, -0.2) is 19.3 Å². The van der Waals surface area contributed by atoms with Crippen molar-refractivity contribution in [2.45, 2.75) is 26.3 Å². The molecule has 0 radical (unpaired) electrons. The Bertz CT molecular complexity index is 704. The lowest BCUT2D eigenvalue weighted by Crippen LogP contribution is -2.32. The molecule has 0 aliphatic carbocycles. The molecule has 0 saturated carbocycles. The quantitative estimate of drug-likeness (QED) is 0.758. The zero-order chi connectivity index (χ0) is 17.5. The van der Waals surface area contributed by atoms with E-state index in [0.717, 1.165) is 12.1 Å². The van der Waals surface area contributed by atoms with Gasteiger partial charge in [0.05, 0.1) is 20.3 Å². The van der Waals surface area contributed by atoms with Crippen LogP contribution in [-0.2, 0) is 0 Å². The number of thiocarbonyl (C=S) groups is 1. The summed E-state index contributed by atoms with van der Waals surface area (Å²) in [6, 6.07) is 14.1. The molecule has 0 heterocycles. The fourth-order valence-corrected chi connectivity index (χ4v) is 2.88. The van der Waals surface area contributed by atoms with E-state index in [2.05, 4.69) is 42.7 Å². The number of ether oxygens (including phenoxy) is 2. The SMILES string of the molecule is CC[C@H](NC(=S)Nc1ccc(OC)c(OC)c1)c1ccccc1C. The summed E-state index contributed by atoms with van der Waals surface area (Å²) in [5.41, 5.74) is 3.37. The Morgan fingerprint density at radius 3 is 2.42 bits per heavy atom. The second-order valence-electron chi connectivity index (χ2n) is 5.49. The van der Waals surface area contributed by atoms with Crippen molar-refractivity contribution in [3.05, 3.63) is 53.6 Å². The first-order valence-corrected chi connectivity index (χ1v) is 8.35. The molecule has 0 bridgehead atoms. The molecule has 0 saturated heterocycles. The summed E-state index contributed by atoms with van der Waals surface area (Å²) >= 11 is 5.47. The van der Waals surface area contributed by atoms with Crippen molar-refractivity contribution in [1.82, 2.24) is 5.32 Å². The Labute approximate surface area is 149 Å². The van der Waals surface area contributed by atoms with Crippen molar-refractivity contribution in [3.63, 3.8) is 0 Å². The number of anilines is 1. The number of aryl methyl sites for hydroxylation is 1. The van der Waals surface area contributed by atoms with Crippen LogP contribution in [0.3, 0.4) is 0 Å². The average molecular weight is 344 g/mol. The molecule has 1 atom stereocenters. The Kier molecular flexibility index (Phi) is 6.44. The molecular formula is C19H24N2O2S. The van der Waals surface area contributed by atoms with Crippen molar-refractivity contribution in [2.24, 2.45) is 0 Å². The van der Waals surface area contributed by atoms with Crippen molar-refractivity contribution in [1.29, 1.82) is 0 Å². The minimum Gasteiger partial charge on any atom is -0.493 e. The zero-order valence-electron chi connectivity index (χ0n) is 14.6. The number of nitrogens with one attached hydrogen (secondary N) is 2. The molecule has 0 aromatic heterocycles. The van der Waals surface area contributed by atoms with Gasteiger partial charge in [-0.05, 0) is 48.8 Å². The minimum absolute atomic E-state index is 0.173. The highest BCUT2D eigenvalue weighted by Crippen LogP contribution is 2.29. The largest absolute Gasteiger partial charge is 0.493 e. The number of hydrogen-bond acceptors (Lipinski definition) is 3. The maximum Gasteiger partial charge on any atom is 0.171 e. The highest BCUT2D eigenvalue weighted by Gasteiger charge is 2.13. The molecule has 128 valence electrons. The van der Waals surface area contributed by atoms with E-state index in [1.807, 2.05) is 24.3 Å². The normalized spacial score (nSPS) is 11.5. The lowest BCUT2D eigenvalue weighted by atomic mass is 10.00. The number of methoxy groups -OCH3 is 2. The molecule has 4 nitrogen and oxygen atoms in total. The van der Waals surface area contributed by atoms with Crippen LogP contribution in [0.1, 0.15) is 30.5 Å². The topological polar surface area (TPSA) is 42.5 Å². The molecule has 2 rings (SSSR count). The Morgan fingerprint density at radius 2 is 1.79 bits per heavy atom. The van der Waals surface area contributed by atoms with Crippen LogP contribution < -0.4 is 20.1 Å². The predicted octanol–water partition coefficient (Wildman–Crippen LogP) is 4.45. The fourth-order valence-electron chi connectivity index (χ4n) is 2.62. The average Bonchev–Trinajstić information content (AvgIpc) is 2.60. The first-order chi connectivity index (χ1) is 11.6. The number of benzene rings is 2. The van der Waals surface area contributed by atoms with Crippen molar-refractivity contribution < 1.29 is 9.47 Å². The van der Waals surface area contributed by atoms with Gasteiger partial charge < -0.3 is 20.1 Å². The predicted molar refractivity (Wildman–Crippen MR) is 103 cm³/mol. The molecular weight excluding hydrogens is 320 g/mol. The zero-order valence-corrected chi connectivity index (χ0v) is 15.4. The summed E-state index contributed by atoms with van der Waals surface area (Å²) < 4.78 is 10.6. The van der Waals surface area contributed by atoms with E-state index in [-0.39, 0.29) is 6.04 Å². The lowest BCUT2D eigenvalue weighted by molar-refractivity contribution is 0.355. The van der Waals surface area contributed by atoms with Crippen LogP contribution in [0.5, 0.6) is 11.5 Å². The second kappa shape index (κ2) is 8.55. The third-order valence-corrected chi connectivity index (χ3v) is 4.14. The summed E-state index contributed by atoms with van der Waals surface area (Å²) in [6.07, 6.45) is 0.943. The highest BCUT2D eigenvalue weighted by molar-refractivity contribution is 7.80. The fraction of sp³-hybridized carbons (Fsp3) is 0.316. The van der Waals surface area contributed by atoms with Crippen molar-refractivity contribution in [3.8, 4) is 11.5 Å². The molecule has 0 amide bonds. The van der Waals surface area contributed by atoms with E-state index >= 15 is 0 Å². The third kappa shape index (κ3) is 4.38.